The summed E-state index contributed by atoms with van der Waals surface area (Å²) in [7, 11) is 0. The van der Waals surface area contributed by atoms with Crippen molar-refractivity contribution in [2.45, 2.75) is 13.5 Å². The van der Waals surface area contributed by atoms with Gasteiger partial charge < -0.3 is 10.1 Å². The van der Waals surface area contributed by atoms with E-state index in [1.807, 2.05) is 30.3 Å². The molecule has 2 aromatic rings. The number of rotatable bonds is 5. The minimum absolute atomic E-state index is 0.198. The fourth-order valence-corrected chi connectivity index (χ4v) is 1.90. The number of carbonyl (C=O) groups excluding carboxylic acids is 2. The second-order valence-corrected chi connectivity index (χ2v) is 4.59. The number of hydrogen-bond donors (Lipinski definition) is 2. The highest BCUT2D eigenvalue weighted by atomic mass is 16.5. The van der Waals surface area contributed by atoms with Crippen LogP contribution in [0.1, 0.15) is 22.8 Å². The highest BCUT2D eigenvalue weighted by Gasteiger charge is 2.08. The summed E-state index contributed by atoms with van der Waals surface area (Å²) in [6, 6.07) is 16.4. The fourth-order valence-electron chi connectivity index (χ4n) is 1.90. The second kappa shape index (κ2) is 7.83. The van der Waals surface area contributed by atoms with E-state index in [9.17, 15) is 9.59 Å². The Balaban J connectivity index is 1.96. The smallest absolute Gasteiger partial charge is 0.411 e. The topological polar surface area (TPSA) is 67.4 Å². The number of carbonyl (C=O) groups is 2. The van der Waals surface area contributed by atoms with E-state index in [-0.39, 0.29) is 5.91 Å². The van der Waals surface area contributed by atoms with Crippen molar-refractivity contribution in [3.05, 3.63) is 65.7 Å². The third-order valence-corrected chi connectivity index (χ3v) is 2.94. The van der Waals surface area contributed by atoms with Gasteiger partial charge in [0.05, 0.1) is 6.61 Å². The van der Waals surface area contributed by atoms with E-state index in [4.69, 9.17) is 4.74 Å². The van der Waals surface area contributed by atoms with Gasteiger partial charge in [-0.25, -0.2) is 4.79 Å². The number of anilines is 1. The van der Waals surface area contributed by atoms with Crippen molar-refractivity contribution in [1.82, 2.24) is 5.32 Å². The molecule has 0 aliphatic rings. The lowest BCUT2D eigenvalue weighted by molar-refractivity contribution is 0.0950. The normalized spacial score (nSPS) is 9.86. The average Bonchev–Trinajstić information content (AvgIpc) is 2.54. The summed E-state index contributed by atoms with van der Waals surface area (Å²) < 4.78 is 4.80. The molecule has 2 aromatic carbocycles. The van der Waals surface area contributed by atoms with Crippen molar-refractivity contribution >= 4 is 17.7 Å². The molecule has 5 nitrogen and oxygen atoms in total. The molecule has 2 N–H and O–H groups in total. The monoisotopic (exact) mass is 298 g/mol. The molecule has 0 spiro atoms. The van der Waals surface area contributed by atoms with Crippen LogP contribution in [0.15, 0.2) is 54.6 Å². The Kier molecular flexibility index (Phi) is 5.54. The zero-order valence-electron chi connectivity index (χ0n) is 12.3. The maximum Gasteiger partial charge on any atom is 0.411 e. The van der Waals surface area contributed by atoms with E-state index in [1.54, 1.807) is 31.2 Å². The molecule has 0 aromatic heterocycles. The van der Waals surface area contributed by atoms with Crippen LogP contribution in [0.25, 0.3) is 0 Å². The maximum atomic E-state index is 12.1. The number of nitrogens with one attached hydrogen (secondary N) is 2. The molecule has 0 saturated carbocycles. The lowest BCUT2D eigenvalue weighted by Gasteiger charge is -2.08. The Labute approximate surface area is 129 Å². The van der Waals surface area contributed by atoms with Gasteiger partial charge in [-0.3, -0.25) is 10.1 Å². The van der Waals surface area contributed by atoms with Crippen molar-refractivity contribution in [3.8, 4) is 0 Å². The Hall–Kier alpha value is -2.82. The maximum absolute atomic E-state index is 12.1. The molecular formula is C17H18N2O3. The zero-order chi connectivity index (χ0) is 15.8. The second-order valence-electron chi connectivity index (χ2n) is 4.59. The minimum Gasteiger partial charge on any atom is -0.450 e. The third kappa shape index (κ3) is 4.63. The molecule has 0 unspecified atom stereocenters. The fraction of sp³-hybridized carbons (Fsp3) is 0.176. The highest BCUT2D eigenvalue weighted by Crippen LogP contribution is 2.11. The molecule has 0 fully saturated rings. The van der Waals surface area contributed by atoms with Gasteiger partial charge in [-0.1, -0.05) is 36.4 Å². The summed E-state index contributed by atoms with van der Waals surface area (Å²) in [4.78, 5) is 23.5. The predicted molar refractivity (Wildman–Crippen MR) is 84.7 cm³/mol. The first-order valence-corrected chi connectivity index (χ1v) is 7.05. The number of ether oxygens (including phenoxy) is 1. The van der Waals surface area contributed by atoms with Crippen LogP contribution in [-0.4, -0.2) is 18.6 Å². The quantitative estimate of drug-likeness (QED) is 0.891. The summed E-state index contributed by atoms with van der Waals surface area (Å²) >= 11 is 0. The van der Waals surface area contributed by atoms with Gasteiger partial charge in [-0.2, -0.15) is 0 Å². The van der Waals surface area contributed by atoms with Crippen molar-refractivity contribution in [1.29, 1.82) is 0 Å². The van der Waals surface area contributed by atoms with Crippen molar-refractivity contribution in [3.63, 3.8) is 0 Å². The molecule has 0 heterocycles. The third-order valence-electron chi connectivity index (χ3n) is 2.94. The molecule has 0 saturated heterocycles. The van der Waals surface area contributed by atoms with Gasteiger partial charge in [0.1, 0.15) is 0 Å². The van der Waals surface area contributed by atoms with E-state index in [2.05, 4.69) is 10.6 Å². The molecule has 114 valence electrons. The molecule has 2 rings (SSSR count). The van der Waals surface area contributed by atoms with E-state index in [1.165, 1.54) is 0 Å². The van der Waals surface area contributed by atoms with Crippen LogP contribution >= 0.6 is 0 Å². The Bertz CT molecular complexity index is 641. The first-order chi connectivity index (χ1) is 10.7. The zero-order valence-corrected chi connectivity index (χ0v) is 12.3. The lowest BCUT2D eigenvalue weighted by Crippen LogP contribution is -2.23. The van der Waals surface area contributed by atoms with Gasteiger partial charge in [-0.15, -0.1) is 0 Å². The minimum atomic E-state index is -0.538. The van der Waals surface area contributed by atoms with Gasteiger partial charge in [0, 0.05) is 17.8 Å². The standard InChI is InChI=1S/C17H18N2O3/c1-2-22-17(21)19-15-10-6-9-14(11-15)16(20)18-12-13-7-4-3-5-8-13/h3-11H,2,12H2,1H3,(H,18,20)(H,19,21). The molecule has 5 heteroatoms. The van der Waals surface area contributed by atoms with E-state index in [0.29, 0.717) is 24.4 Å². The molecule has 0 aliphatic carbocycles. The van der Waals surface area contributed by atoms with E-state index >= 15 is 0 Å². The summed E-state index contributed by atoms with van der Waals surface area (Å²) in [5, 5.41) is 5.41. The molecule has 22 heavy (non-hydrogen) atoms. The van der Waals surface area contributed by atoms with Gasteiger partial charge in [0.25, 0.3) is 5.91 Å². The number of hydrogen-bond acceptors (Lipinski definition) is 3. The first-order valence-electron chi connectivity index (χ1n) is 7.05. The van der Waals surface area contributed by atoms with Crippen LogP contribution in [-0.2, 0) is 11.3 Å². The van der Waals surface area contributed by atoms with Crippen LogP contribution < -0.4 is 10.6 Å². The van der Waals surface area contributed by atoms with Gasteiger partial charge in [-0.05, 0) is 30.7 Å². The van der Waals surface area contributed by atoms with Gasteiger partial charge in [0.15, 0.2) is 0 Å². The van der Waals surface area contributed by atoms with Crippen molar-refractivity contribution in [2.75, 3.05) is 11.9 Å². The largest absolute Gasteiger partial charge is 0.450 e. The Morgan fingerprint density at radius 3 is 2.55 bits per heavy atom. The van der Waals surface area contributed by atoms with Gasteiger partial charge in [0.2, 0.25) is 0 Å². The predicted octanol–water partition coefficient (Wildman–Crippen LogP) is 3.19. The summed E-state index contributed by atoms with van der Waals surface area (Å²) in [6.07, 6.45) is -0.538. The highest BCUT2D eigenvalue weighted by molar-refractivity contribution is 5.96. The molecule has 0 atom stereocenters. The van der Waals surface area contributed by atoms with Crippen molar-refractivity contribution in [2.24, 2.45) is 0 Å². The first kappa shape index (κ1) is 15.6. The van der Waals surface area contributed by atoms with Gasteiger partial charge >= 0.3 is 6.09 Å². The molecule has 0 radical (unpaired) electrons. The van der Waals surface area contributed by atoms with Crippen LogP contribution in [0, 0.1) is 0 Å². The SMILES string of the molecule is CCOC(=O)Nc1cccc(C(=O)NCc2ccccc2)c1. The Morgan fingerprint density at radius 1 is 1.05 bits per heavy atom. The van der Waals surface area contributed by atoms with E-state index in [0.717, 1.165) is 5.56 Å². The lowest BCUT2D eigenvalue weighted by atomic mass is 10.1. The number of amides is 2. The van der Waals surface area contributed by atoms with Crippen LogP contribution in [0.5, 0.6) is 0 Å². The van der Waals surface area contributed by atoms with Crippen molar-refractivity contribution < 1.29 is 14.3 Å². The summed E-state index contributed by atoms with van der Waals surface area (Å²) in [6.45, 7) is 2.48. The molecule has 0 bridgehead atoms. The summed E-state index contributed by atoms with van der Waals surface area (Å²) in [5.41, 5.74) is 2.02. The number of benzene rings is 2. The van der Waals surface area contributed by atoms with Crippen LogP contribution in [0.4, 0.5) is 10.5 Å². The van der Waals surface area contributed by atoms with E-state index < -0.39 is 6.09 Å². The Morgan fingerprint density at radius 2 is 1.82 bits per heavy atom. The van der Waals surface area contributed by atoms with Crippen LogP contribution in [0.2, 0.25) is 0 Å². The van der Waals surface area contributed by atoms with Crippen LogP contribution in [0.3, 0.4) is 0 Å². The molecule has 0 aliphatic heterocycles. The molecular weight excluding hydrogens is 280 g/mol. The summed E-state index contributed by atoms with van der Waals surface area (Å²) in [5.74, 6) is -0.198. The molecule has 2 amide bonds. The average molecular weight is 298 g/mol.